The van der Waals surface area contributed by atoms with E-state index < -0.39 is 0 Å². The Kier molecular flexibility index (Phi) is 4.35. The molecule has 0 atom stereocenters. The number of rotatable bonds is 5. The van der Waals surface area contributed by atoms with E-state index in [-0.39, 0.29) is 12.3 Å². The molecule has 1 amide bonds. The van der Waals surface area contributed by atoms with Crippen LogP contribution in [0.3, 0.4) is 0 Å². The Morgan fingerprint density at radius 1 is 1.42 bits per heavy atom. The van der Waals surface area contributed by atoms with Gasteiger partial charge in [0.25, 0.3) is 0 Å². The molecule has 0 spiro atoms. The first-order valence-corrected chi connectivity index (χ1v) is 6.78. The lowest BCUT2D eigenvalue weighted by atomic mass is 10.2. The molecule has 100 valence electrons. The summed E-state index contributed by atoms with van der Waals surface area (Å²) in [5, 5.41) is 5.06. The predicted molar refractivity (Wildman–Crippen MR) is 76.5 cm³/mol. The zero-order chi connectivity index (χ0) is 13.7. The Morgan fingerprint density at radius 3 is 2.74 bits per heavy atom. The van der Waals surface area contributed by atoms with Crippen molar-refractivity contribution < 1.29 is 9.53 Å². The number of nitrogens with one attached hydrogen (secondary N) is 1. The number of benzene rings is 1. The monoisotopic (exact) mass is 277 g/mol. The molecule has 0 bridgehead atoms. The number of nitrogens with zero attached hydrogens (tertiary/aromatic N) is 1. The lowest BCUT2D eigenvalue weighted by molar-refractivity contribution is -0.115. The minimum absolute atomic E-state index is 0.116. The largest absolute Gasteiger partial charge is 0.494 e. The van der Waals surface area contributed by atoms with E-state index in [1.165, 1.54) is 11.3 Å². The minimum atomic E-state index is -0.116. The SMILES string of the molecule is CCOc1ccc(NC(=O)Cc2csc(N)n2)cc1. The molecule has 0 aliphatic heterocycles. The third-order valence-corrected chi connectivity index (χ3v) is 3.08. The lowest BCUT2D eigenvalue weighted by Crippen LogP contribution is -2.14. The molecule has 19 heavy (non-hydrogen) atoms. The van der Waals surface area contributed by atoms with Crippen LogP contribution in [0.5, 0.6) is 5.75 Å². The number of carbonyl (C=O) groups excluding carboxylic acids is 1. The van der Waals surface area contributed by atoms with Gasteiger partial charge >= 0.3 is 0 Å². The van der Waals surface area contributed by atoms with Crippen LogP contribution >= 0.6 is 11.3 Å². The van der Waals surface area contributed by atoms with Gasteiger partial charge in [0.1, 0.15) is 5.75 Å². The molecule has 0 radical (unpaired) electrons. The van der Waals surface area contributed by atoms with E-state index in [0.717, 1.165) is 11.4 Å². The van der Waals surface area contributed by atoms with Crippen molar-refractivity contribution in [3.63, 3.8) is 0 Å². The smallest absolute Gasteiger partial charge is 0.230 e. The predicted octanol–water partition coefficient (Wildman–Crippen LogP) is 2.31. The second kappa shape index (κ2) is 6.19. The summed E-state index contributed by atoms with van der Waals surface area (Å²) in [5.74, 6) is 0.669. The molecule has 1 heterocycles. The summed E-state index contributed by atoms with van der Waals surface area (Å²) in [5.41, 5.74) is 6.93. The van der Waals surface area contributed by atoms with Crippen molar-refractivity contribution in [3.8, 4) is 5.75 Å². The molecule has 1 aromatic carbocycles. The number of anilines is 2. The van der Waals surface area contributed by atoms with Gasteiger partial charge in [-0.2, -0.15) is 0 Å². The summed E-state index contributed by atoms with van der Waals surface area (Å²) < 4.78 is 5.33. The van der Waals surface area contributed by atoms with Gasteiger partial charge in [0.15, 0.2) is 5.13 Å². The van der Waals surface area contributed by atoms with Crippen molar-refractivity contribution in [2.24, 2.45) is 0 Å². The van der Waals surface area contributed by atoms with Gasteiger partial charge in [0.2, 0.25) is 5.91 Å². The fourth-order valence-corrected chi connectivity index (χ4v) is 2.14. The van der Waals surface area contributed by atoms with E-state index in [4.69, 9.17) is 10.5 Å². The van der Waals surface area contributed by atoms with Crippen molar-refractivity contribution in [1.29, 1.82) is 0 Å². The van der Waals surface area contributed by atoms with E-state index in [9.17, 15) is 4.79 Å². The molecular formula is C13H15N3O2S. The van der Waals surface area contributed by atoms with Crippen molar-refractivity contribution in [1.82, 2.24) is 4.98 Å². The Hall–Kier alpha value is -2.08. The number of nitrogens with two attached hydrogens (primary N) is 1. The zero-order valence-electron chi connectivity index (χ0n) is 10.6. The van der Waals surface area contributed by atoms with Crippen LogP contribution in [-0.4, -0.2) is 17.5 Å². The zero-order valence-corrected chi connectivity index (χ0v) is 11.4. The van der Waals surface area contributed by atoms with Crippen molar-refractivity contribution >= 4 is 28.1 Å². The third-order valence-electron chi connectivity index (χ3n) is 2.36. The number of aromatic nitrogens is 1. The molecule has 2 aromatic rings. The molecular weight excluding hydrogens is 262 g/mol. The van der Waals surface area contributed by atoms with Crippen molar-refractivity contribution in [3.05, 3.63) is 35.3 Å². The van der Waals surface area contributed by atoms with Crippen LogP contribution in [0.15, 0.2) is 29.6 Å². The van der Waals surface area contributed by atoms with Gasteiger partial charge in [-0.3, -0.25) is 4.79 Å². The van der Waals surface area contributed by atoms with Gasteiger partial charge in [0, 0.05) is 11.1 Å². The molecule has 6 heteroatoms. The first kappa shape index (κ1) is 13.4. The van der Waals surface area contributed by atoms with E-state index in [1.807, 2.05) is 19.1 Å². The number of thiazole rings is 1. The minimum Gasteiger partial charge on any atom is -0.494 e. The quantitative estimate of drug-likeness (QED) is 0.879. The fourth-order valence-electron chi connectivity index (χ4n) is 1.57. The maximum Gasteiger partial charge on any atom is 0.230 e. The topological polar surface area (TPSA) is 77.2 Å². The van der Waals surface area contributed by atoms with Gasteiger partial charge in [0.05, 0.1) is 18.7 Å². The normalized spacial score (nSPS) is 10.2. The van der Waals surface area contributed by atoms with Crippen LogP contribution < -0.4 is 15.8 Å². The van der Waals surface area contributed by atoms with Gasteiger partial charge in [-0.1, -0.05) is 0 Å². The average molecular weight is 277 g/mol. The Bertz CT molecular complexity index is 551. The van der Waals surface area contributed by atoms with E-state index in [0.29, 0.717) is 17.4 Å². The number of nitrogen functional groups attached to an aromatic ring is 1. The van der Waals surface area contributed by atoms with Gasteiger partial charge in [-0.25, -0.2) is 4.98 Å². The molecule has 0 aliphatic carbocycles. The average Bonchev–Trinajstić information content (AvgIpc) is 2.77. The highest BCUT2D eigenvalue weighted by Gasteiger charge is 2.07. The Labute approximate surface area is 115 Å². The molecule has 0 aliphatic rings. The summed E-state index contributed by atoms with van der Waals surface area (Å²) in [4.78, 5) is 15.8. The summed E-state index contributed by atoms with van der Waals surface area (Å²) >= 11 is 1.33. The number of hydrogen-bond acceptors (Lipinski definition) is 5. The molecule has 0 fully saturated rings. The van der Waals surface area contributed by atoms with Gasteiger partial charge in [-0.15, -0.1) is 11.3 Å². The first-order chi connectivity index (χ1) is 9.17. The number of hydrogen-bond donors (Lipinski definition) is 2. The fraction of sp³-hybridized carbons (Fsp3) is 0.231. The lowest BCUT2D eigenvalue weighted by Gasteiger charge is -2.06. The highest BCUT2D eigenvalue weighted by Crippen LogP contribution is 2.16. The maximum atomic E-state index is 11.8. The third kappa shape index (κ3) is 3.96. The summed E-state index contributed by atoms with van der Waals surface area (Å²) in [6, 6.07) is 7.25. The number of carbonyl (C=O) groups is 1. The van der Waals surface area contributed by atoms with Crippen LogP contribution in [0.4, 0.5) is 10.8 Å². The Balaban J connectivity index is 1.91. The van der Waals surface area contributed by atoms with Crippen LogP contribution in [0.1, 0.15) is 12.6 Å². The maximum absolute atomic E-state index is 11.8. The van der Waals surface area contributed by atoms with E-state index in [1.54, 1.807) is 17.5 Å². The summed E-state index contributed by atoms with van der Waals surface area (Å²) in [6.07, 6.45) is 0.223. The standard InChI is InChI=1S/C13H15N3O2S/c1-2-18-11-5-3-9(4-6-11)15-12(17)7-10-8-19-13(14)16-10/h3-6,8H,2,7H2,1H3,(H2,14,16)(H,15,17). The number of amides is 1. The van der Waals surface area contributed by atoms with E-state index >= 15 is 0 Å². The molecule has 0 saturated heterocycles. The van der Waals surface area contributed by atoms with E-state index in [2.05, 4.69) is 10.3 Å². The molecule has 0 saturated carbocycles. The molecule has 1 aromatic heterocycles. The van der Waals surface area contributed by atoms with Gasteiger partial charge < -0.3 is 15.8 Å². The highest BCUT2D eigenvalue weighted by atomic mass is 32.1. The molecule has 5 nitrogen and oxygen atoms in total. The summed E-state index contributed by atoms with van der Waals surface area (Å²) in [6.45, 7) is 2.55. The second-order valence-corrected chi connectivity index (χ2v) is 4.75. The first-order valence-electron chi connectivity index (χ1n) is 5.90. The Morgan fingerprint density at radius 2 is 2.16 bits per heavy atom. The highest BCUT2D eigenvalue weighted by molar-refractivity contribution is 7.13. The van der Waals surface area contributed by atoms with Crippen LogP contribution in [-0.2, 0) is 11.2 Å². The van der Waals surface area contributed by atoms with Crippen LogP contribution in [0.2, 0.25) is 0 Å². The summed E-state index contributed by atoms with van der Waals surface area (Å²) in [7, 11) is 0. The van der Waals surface area contributed by atoms with Gasteiger partial charge in [-0.05, 0) is 31.2 Å². The van der Waals surface area contributed by atoms with Crippen molar-refractivity contribution in [2.75, 3.05) is 17.7 Å². The molecule has 2 rings (SSSR count). The van der Waals surface area contributed by atoms with Crippen LogP contribution in [0, 0.1) is 0 Å². The number of ether oxygens (including phenoxy) is 1. The second-order valence-electron chi connectivity index (χ2n) is 3.86. The molecule has 0 unspecified atom stereocenters. The molecule has 3 N–H and O–H groups in total. The van der Waals surface area contributed by atoms with Crippen molar-refractivity contribution in [2.45, 2.75) is 13.3 Å². The van der Waals surface area contributed by atoms with Crippen LogP contribution in [0.25, 0.3) is 0 Å².